The minimum absolute atomic E-state index is 0.249. The molecule has 0 aliphatic carbocycles. The van der Waals surface area contributed by atoms with Crippen molar-refractivity contribution in [2.75, 3.05) is 19.8 Å². The Hall–Kier alpha value is -1.79. The molecule has 1 amide bonds. The van der Waals surface area contributed by atoms with E-state index in [0.717, 1.165) is 44.9 Å². The molecule has 2 fully saturated rings. The fourth-order valence-electron chi connectivity index (χ4n) is 10.6. The van der Waals surface area contributed by atoms with Crippen LogP contribution in [-0.2, 0) is 23.7 Å². The lowest BCUT2D eigenvalue weighted by Gasteiger charge is -2.46. The highest BCUT2D eigenvalue weighted by molar-refractivity contribution is 5.76. The van der Waals surface area contributed by atoms with Gasteiger partial charge in [-0.05, 0) is 44.9 Å². The zero-order chi connectivity index (χ0) is 56.7. The van der Waals surface area contributed by atoms with E-state index in [0.29, 0.717) is 12.8 Å². The van der Waals surface area contributed by atoms with Gasteiger partial charge in [-0.15, -0.1) is 0 Å². The van der Waals surface area contributed by atoms with Crippen LogP contribution in [0.2, 0.25) is 0 Å². The molecule has 0 aromatic rings. The van der Waals surface area contributed by atoms with Crippen molar-refractivity contribution < 1.29 is 64.6 Å². The zero-order valence-corrected chi connectivity index (χ0v) is 49.4. The van der Waals surface area contributed by atoms with E-state index in [1.54, 1.807) is 6.08 Å². The molecule has 2 aliphatic rings. The molecule has 14 nitrogen and oxygen atoms in total. The summed E-state index contributed by atoms with van der Waals surface area (Å²) in [7, 11) is 0. The summed E-state index contributed by atoms with van der Waals surface area (Å²) >= 11 is 0. The predicted octanol–water partition coefficient (Wildman–Crippen LogP) is 11.8. The van der Waals surface area contributed by atoms with Crippen molar-refractivity contribution >= 4 is 5.91 Å². The molecule has 2 rings (SSSR count). The second kappa shape index (κ2) is 49.8. The standard InChI is InChI=1S/C64H119NO13/c1-3-5-7-9-11-13-15-17-19-21-22-23-24-25-26-27-28-29-30-32-33-35-37-39-41-43-45-47-53(68)52(65-56(69)48-46-44-42-40-38-36-34-31-20-18-16-14-12-10-8-6-4-2)51-75-63-61(74)59(72)62(55(50-67)77-63)78-64-60(73)58(71)57(70)54(49-66)76-64/h30,32,37,39,45,47,52-55,57-64,66-68,70-74H,3-29,31,33-36,38,40-44,46,48-51H2,1-2H3,(H,65,69)/b32-30+,39-37+,47-45+. The Morgan fingerprint density at radius 1 is 0.449 bits per heavy atom. The van der Waals surface area contributed by atoms with Gasteiger partial charge in [0.15, 0.2) is 12.6 Å². The summed E-state index contributed by atoms with van der Waals surface area (Å²) in [5, 5.41) is 87.2. The molecule has 78 heavy (non-hydrogen) atoms. The number of nitrogens with one attached hydrogen (secondary N) is 1. The van der Waals surface area contributed by atoms with Gasteiger partial charge in [-0.25, -0.2) is 0 Å². The van der Waals surface area contributed by atoms with Gasteiger partial charge in [0, 0.05) is 6.42 Å². The minimum atomic E-state index is -1.79. The van der Waals surface area contributed by atoms with Gasteiger partial charge < -0.3 is 65.1 Å². The number of allylic oxidation sites excluding steroid dienone is 5. The number of carbonyl (C=O) groups is 1. The second-order valence-electron chi connectivity index (χ2n) is 22.9. The van der Waals surface area contributed by atoms with E-state index in [1.165, 1.54) is 193 Å². The van der Waals surface area contributed by atoms with E-state index in [4.69, 9.17) is 18.9 Å². The smallest absolute Gasteiger partial charge is 0.220 e. The van der Waals surface area contributed by atoms with Crippen LogP contribution in [0, 0.1) is 0 Å². The normalized spacial score (nSPS) is 24.7. The molecule has 12 unspecified atom stereocenters. The first-order valence-electron chi connectivity index (χ1n) is 32.2. The first kappa shape index (κ1) is 72.3. The number of aliphatic hydroxyl groups excluding tert-OH is 8. The van der Waals surface area contributed by atoms with Crippen molar-refractivity contribution in [1.82, 2.24) is 5.32 Å². The van der Waals surface area contributed by atoms with Crippen molar-refractivity contribution in [3.63, 3.8) is 0 Å². The summed E-state index contributed by atoms with van der Waals surface area (Å²) in [4.78, 5) is 13.3. The largest absolute Gasteiger partial charge is 0.394 e. The molecule has 12 atom stereocenters. The summed E-state index contributed by atoms with van der Waals surface area (Å²) in [6.07, 6.45) is 44.8. The first-order valence-corrected chi connectivity index (χ1v) is 32.2. The Morgan fingerprint density at radius 2 is 0.821 bits per heavy atom. The SMILES string of the molecule is CCCCCCCCCCCCCCCCCCC/C=C/CC/C=C/CC/C=C/C(O)C(COC1OC(CO)C(OC2OC(CO)C(O)C(O)C2O)C(O)C1O)NC(=O)CCCCCCCCCCCCCCCCCCC. The van der Waals surface area contributed by atoms with Gasteiger partial charge in [-0.1, -0.05) is 256 Å². The lowest BCUT2D eigenvalue weighted by Crippen LogP contribution is -2.65. The van der Waals surface area contributed by atoms with Gasteiger partial charge in [-0.3, -0.25) is 4.79 Å². The molecule has 0 aromatic heterocycles. The van der Waals surface area contributed by atoms with Gasteiger partial charge in [0.1, 0.15) is 48.8 Å². The summed E-state index contributed by atoms with van der Waals surface area (Å²) in [6, 6.07) is -0.936. The summed E-state index contributed by atoms with van der Waals surface area (Å²) < 4.78 is 22.8. The Bertz CT molecular complexity index is 1450. The molecular weight excluding hydrogens is 991 g/mol. The molecule has 9 N–H and O–H groups in total. The number of ether oxygens (including phenoxy) is 4. The summed E-state index contributed by atoms with van der Waals surface area (Å²) in [6.45, 7) is 2.81. The average Bonchev–Trinajstić information content (AvgIpc) is 3.44. The average molecular weight is 1110 g/mol. The molecule has 2 saturated heterocycles. The topological polar surface area (TPSA) is 228 Å². The monoisotopic (exact) mass is 1110 g/mol. The quantitative estimate of drug-likeness (QED) is 0.0204. The molecule has 2 heterocycles. The third-order valence-corrected chi connectivity index (χ3v) is 15.8. The Morgan fingerprint density at radius 3 is 1.26 bits per heavy atom. The zero-order valence-electron chi connectivity index (χ0n) is 49.4. The predicted molar refractivity (Wildman–Crippen MR) is 314 cm³/mol. The molecule has 458 valence electrons. The lowest BCUT2D eigenvalue weighted by atomic mass is 9.97. The van der Waals surface area contributed by atoms with Gasteiger partial charge in [-0.2, -0.15) is 0 Å². The number of hydrogen-bond donors (Lipinski definition) is 9. The number of unbranched alkanes of at least 4 members (excludes halogenated alkanes) is 35. The van der Waals surface area contributed by atoms with E-state index >= 15 is 0 Å². The van der Waals surface area contributed by atoms with E-state index in [1.807, 2.05) is 6.08 Å². The number of hydrogen-bond acceptors (Lipinski definition) is 13. The molecule has 0 spiro atoms. The van der Waals surface area contributed by atoms with Crippen LogP contribution < -0.4 is 5.32 Å². The van der Waals surface area contributed by atoms with Crippen molar-refractivity contribution in [1.29, 1.82) is 0 Å². The van der Waals surface area contributed by atoms with Crippen LogP contribution >= 0.6 is 0 Å². The van der Waals surface area contributed by atoms with Crippen LogP contribution in [-0.4, -0.2) is 140 Å². The molecule has 0 bridgehead atoms. The maximum absolute atomic E-state index is 13.3. The summed E-state index contributed by atoms with van der Waals surface area (Å²) in [5.74, 6) is -0.249. The Labute approximate surface area is 474 Å². The Balaban J connectivity index is 1.74. The van der Waals surface area contributed by atoms with Crippen LogP contribution in [0.3, 0.4) is 0 Å². The van der Waals surface area contributed by atoms with Crippen molar-refractivity contribution in [3.05, 3.63) is 36.5 Å². The highest BCUT2D eigenvalue weighted by Gasteiger charge is 2.51. The maximum atomic E-state index is 13.3. The Kier molecular flexibility index (Phi) is 46.2. The third kappa shape index (κ3) is 34.6. The number of carbonyl (C=O) groups excluding carboxylic acids is 1. The van der Waals surface area contributed by atoms with Crippen molar-refractivity contribution in [2.45, 2.75) is 344 Å². The number of aliphatic hydroxyl groups is 8. The van der Waals surface area contributed by atoms with Gasteiger partial charge >= 0.3 is 0 Å². The van der Waals surface area contributed by atoms with Crippen LogP contribution in [0.25, 0.3) is 0 Å². The van der Waals surface area contributed by atoms with Gasteiger partial charge in [0.05, 0.1) is 32.0 Å². The minimum Gasteiger partial charge on any atom is -0.394 e. The van der Waals surface area contributed by atoms with Gasteiger partial charge in [0.2, 0.25) is 5.91 Å². The molecule has 0 radical (unpaired) electrons. The second-order valence-corrected chi connectivity index (χ2v) is 22.9. The van der Waals surface area contributed by atoms with Crippen molar-refractivity contribution in [2.24, 2.45) is 0 Å². The van der Waals surface area contributed by atoms with Crippen LogP contribution in [0.15, 0.2) is 36.5 Å². The number of rotatable bonds is 52. The van der Waals surface area contributed by atoms with E-state index in [2.05, 4.69) is 43.5 Å². The van der Waals surface area contributed by atoms with E-state index in [9.17, 15) is 45.6 Å². The lowest BCUT2D eigenvalue weighted by molar-refractivity contribution is -0.359. The fourth-order valence-corrected chi connectivity index (χ4v) is 10.6. The maximum Gasteiger partial charge on any atom is 0.220 e. The van der Waals surface area contributed by atoms with E-state index in [-0.39, 0.29) is 18.9 Å². The summed E-state index contributed by atoms with van der Waals surface area (Å²) in [5.41, 5.74) is 0. The molecule has 14 heteroatoms. The van der Waals surface area contributed by atoms with Crippen LogP contribution in [0.4, 0.5) is 0 Å². The van der Waals surface area contributed by atoms with Crippen LogP contribution in [0.5, 0.6) is 0 Å². The van der Waals surface area contributed by atoms with Gasteiger partial charge in [0.25, 0.3) is 0 Å². The molecule has 2 aliphatic heterocycles. The van der Waals surface area contributed by atoms with Crippen LogP contribution in [0.1, 0.15) is 271 Å². The van der Waals surface area contributed by atoms with E-state index < -0.39 is 86.8 Å². The molecular formula is C64H119NO13. The number of amides is 1. The third-order valence-electron chi connectivity index (χ3n) is 15.8. The molecule has 0 aromatic carbocycles. The highest BCUT2D eigenvalue weighted by Crippen LogP contribution is 2.30. The van der Waals surface area contributed by atoms with Crippen molar-refractivity contribution in [3.8, 4) is 0 Å². The first-order chi connectivity index (χ1) is 38.1. The molecule has 0 saturated carbocycles. The highest BCUT2D eigenvalue weighted by atomic mass is 16.7. The fraction of sp³-hybridized carbons (Fsp3) is 0.891.